The Labute approximate surface area is 125 Å². The molecule has 2 aromatic rings. The lowest BCUT2D eigenvalue weighted by Gasteiger charge is -2.38. The first-order valence-corrected chi connectivity index (χ1v) is 7.93. The van der Waals surface area contributed by atoms with Gasteiger partial charge in [-0.2, -0.15) is 0 Å². The van der Waals surface area contributed by atoms with Gasteiger partial charge in [-0.25, -0.2) is 4.98 Å². The maximum atomic E-state index is 6.17. The van der Waals surface area contributed by atoms with Crippen LogP contribution in [0.25, 0.3) is 10.9 Å². The molecule has 1 fully saturated rings. The number of anilines is 1. The fourth-order valence-corrected chi connectivity index (χ4v) is 3.28. The van der Waals surface area contributed by atoms with E-state index in [-0.39, 0.29) is 0 Å². The smallest absolute Gasteiger partial charge is 0.133 e. The molecule has 0 saturated carbocycles. The number of aromatic nitrogens is 1. The molecule has 20 heavy (non-hydrogen) atoms. The van der Waals surface area contributed by atoms with Crippen LogP contribution in [0.5, 0.6) is 0 Å². The number of pyridine rings is 1. The molecule has 1 aromatic carbocycles. The second kappa shape index (κ2) is 5.61. The minimum atomic E-state index is 0.519. The van der Waals surface area contributed by atoms with Gasteiger partial charge in [0.05, 0.1) is 11.4 Å². The van der Waals surface area contributed by atoms with Crippen molar-refractivity contribution in [2.45, 2.75) is 38.6 Å². The topological polar surface area (TPSA) is 16.1 Å². The number of hydrogen-bond donors (Lipinski definition) is 0. The molecule has 106 valence electrons. The zero-order chi connectivity index (χ0) is 14.1. The Morgan fingerprint density at radius 2 is 2.05 bits per heavy atom. The number of benzene rings is 1. The molecule has 0 spiro atoms. The van der Waals surface area contributed by atoms with Crippen LogP contribution in [0.3, 0.4) is 0 Å². The number of hydrogen-bond acceptors (Lipinski definition) is 2. The molecule has 2 unspecified atom stereocenters. The third-order valence-electron chi connectivity index (χ3n) is 4.31. The summed E-state index contributed by atoms with van der Waals surface area (Å²) >= 11 is 6.17. The quantitative estimate of drug-likeness (QED) is 0.751. The van der Waals surface area contributed by atoms with Gasteiger partial charge >= 0.3 is 0 Å². The summed E-state index contributed by atoms with van der Waals surface area (Å²) < 4.78 is 0. The van der Waals surface area contributed by atoms with Crippen LogP contribution in [0.15, 0.2) is 30.3 Å². The van der Waals surface area contributed by atoms with E-state index >= 15 is 0 Å². The molecule has 2 heterocycles. The molecule has 3 rings (SSSR count). The van der Waals surface area contributed by atoms with Crippen molar-refractivity contribution in [2.75, 3.05) is 11.4 Å². The van der Waals surface area contributed by atoms with Crippen LogP contribution >= 0.6 is 11.6 Å². The van der Waals surface area contributed by atoms with E-state index in [0.717, 1.165) is 29.4 Å². The standard InChI is InChI=1S/C17H21ClN2/c1-12-7-8-13(2)20(11-12)17-15(10-18)9-14-5-3-4-6-16(14)19-17/h3-6,9,12-13H,7-8,10-11H2,1-2H3. The van der Waals surface area contributed by atoms with E-state index < -0.39 is 0 Å². The molecule has 0 bridgehead atoms. The molecule has 2 atom stereocenters. The molecular formula is C17H21ClN2. The van der Waals surface area contributed by atoms with Crippen molar-refractivity contribution in [1.29, 1.82) is 0 Å². The van der Waals surface area contributed by atoms with Crippen molar-refractivity contribution >= 4 is 28.3 Å². The van der Waals surface area contributed by atoms with Gasteiger partial charge in [0.1, 0.15) is 5.82 Å². The number of para-hydroxylation sites is 1. The van der Waals surface area contributed by atoms with E-state index in [9.17, 15) is 0 Å². The number of nitrogens with zero attached hydrogens (tertiary/aromatic N) is 2. The fraction of sp³-hybridized carbons (Fsp3) is 0.471. The van der Waals surface area contributed by atoms with Crippen LogP contribution in [0.1, 0.15) is 32.3 Å². The summed E-state index contributed by atoms with van der Waals surface area (Å²) in [5.74, 6) is 2.32. The van der Waals surface area contributed by atoms with Gasteiger partial charge in [-0.1, -0.05) is 25.1 Å². The summed E-state index contributed by atoms with van der Waals surface area (Å²) in [4.78, 5) is 7.34. The second-order valence-electron chi connectivity index (χ2n) is 5.98. The number of fused-ring (bicyclic) bond motifs is 1. The lowest BCUT2D eigenvalue weighted by molar-refractivity contribution is 0.388. The van der Waals surface area contributed by atoms with Gasteiger partial charge in [-0.05, 0) is 37.8 Å². The Balaban J connectivity index is 2.08. The summed E-state index contributed by atoms with van der Waals surface area (Å²) in [6.45, 7) is 5.69. The summed E-state index contributed by atoms with van der Waals surface area (Å²) in [6.07, 6.45) is 2.54. The number of piperidine rings is 1. The summed E-state index contributed by atoms with van der Waals surface area (Å²) in [5.41, 5.74) is 2.20. The van der Waals surface area contributed by atoms with Crippen LogP contribution < -0.4 is 4.90 Å². The lowest BCUT2D eigenvalue weighted by atomic mass is 9.94. The van der Waals surface area contributed by atoms with Crippen LogP contribution in [0.2, 0.25) is 0 Å². The van der Waals surface area contributed by atoms with Crippen molar-refractivity contribution in [1.82, 2.24) is 4.98 Å². The largest absolute Gasteiger partial charge is 0.353 e. The average Bonchev–Trinajstić information content (AvgIpc) is 2.48. The predicted molar refractivity (Wildman–Crippen MR) is 86.5 cm³/mol. The summed E-state index contributed by atoms with van der Waals surface area (Å²) in [5, 5.41) is 1.17. The maximum absolute atomic E-state index is 6.17. The summed E-state index contributed by atoms with van der Waals surface area (Å²) in [7, 11) is 0. The fourth-order valence-electron chi connectivity index (χ4n) is 3.08. The molecule has 0 aliphatic carbocycles. The zero-order valence-corrected chi connectivity index (χ0v) is 12.9. The lowest BCUT2D eigenvalue weighted by Crippen LogP contribution is -2.42. The number of halogens is 1. The van der Waals surface area contributed by atoms with Gasteiger partial charge < -0.3 is 4.90 Å². The normalized spacial score (nSPS) is 23.2. The van der Waals surface area contributed by atoms with Crippen molar-refractivity contribution in [3.8, 4) is 0 Å². The highest BCUT2D eigenvalue weighted by Crippen LogP contribution is 2.31. The van der Waals surface area contributed by atoms with Crippen molar-refractivity contribution in [2.24, 2.45) is 5.92 Å². The van der Waals surface area contributed by atoms with Crippen molar-refractivity contribution in [3.63, 3.8) is 0 Å². The molecule has 1 saturated heterocycles. The van der Waals surface area contributed by atoms with Crippen LogP contribution in [-0.2, 0) is 5.88 Å². The molecule has 3 heteroatoms. The van der Waals surface area contributed by atoms with E-state index in [1.165, 1.54) is 18.2 Å². The van der Waals surface area contributed by atoms with E-state index in [2.05, 4.69) is 36.9 Å². The van der Waals surface area contributed by atoms with E-state index in [1.54, 1.807) is 0 Å². The van der Waals surface area contributed by atoms with Gasteiger partial charge in [0.15, 0.2) is 0 Å². The minimum Gasteiger partial charge on any atom is -0.353 e. The highest BCUT2D eigenvalue weighted by molar-refractivity contribution is 6.17. The SMILES string of the molecule is CC1CCC(C)N(c2nc3ccccc3cc2CCl)C1. The molecular weight excluding hydrogens is 268 g/mol. The van der Waals surface area contributed by atoms with Gasteiger partial charge in [0.2, 0.25) is 0 Å². The van der Waals surface area contributed by atoms with E-state index in [4.69, 9.17) is 16.6 Å². The Morgan fingerprint density at radius 1 is 1.25 bits per heavy atom. The highest BCUT2D eigenvalue weighted by Gasteiger charge is 2.25. The average molecular weight is 289 g/mol. The Morgan fingerprint density at radius 3 is 2.85 bits per heavy atom. The van der Waals surface area contributed by atoms with Crippen molar-refractivity contribution < 1.29 is 0 Å². The van der Waals surface area contributed by atoms with Gasteiger partial charge in [0.25, 0.3) is 0 Å². The monoisotopic (exact) mass is 288 g/mol. The maximum Gasteiger partial charge on any atom is 0.133 e. The molecule has 0 amide bonds. The first-order valence-electron chi connectivity index (χ1n) is 7.40. The van der Waals surface area contributed by atoms with Gasteiger partial charge in [0, 0.05) is 23.5 Å². The molecule has 1 aliphatic rings. The third-order valence-corrected chi connectivity index (χ3v) is 4.60. The van der Waals surface area contributed by atoms with E-state index in [1.807, 2.05) is 12.1 Å². The summed E-state index contributed by atoms with van der Waals surface area (Å²) in [6, 6.07) is 11.0. The van der Waals surface area contributed by atoms with Crippen LogP contribution in [-0.4, -0.2) is 17.6 Å². The Hall–Kier alpha value is -1.28. The first kappa shape index (κ1) is 13.7. The molecule has 0 N–H and O–H groups in total. The number of rotatable bonds is 2. The molecule has 1 aliphatic heterocycles. The van der Waals surface area contributed by atoms with Crippen LogP contribution in [0.4, 0.5) is 5.82 Å². The van der Waals surface area contributed by atoms with Crippen LogP contribution in [0, 0.1) is 5.92 Å². The second-order valence-corrected chi connectivity index (χ2v) is 6.25. The predicted octanol–water partition coefficient (Wildman–Crippen LogP) is 4.60. The first-order chi connectivity index (χ1) is 9.69. The minimum absolute atomic E-state index is 0.519. The molecule has 1 aromatic heterocycles. The number of alkyl halides is 1. The van der Waals surface area contributed by atoms with Gasteiger partial charge in [-0.3, -0.25) is 0 Å². The Bertz CT molecular complexity index is 611. The molecule has 2 nitrogen and oxygen atoms in total. The van der Waals surface area contributed by atoms with Gasteiger partial charge in [-0.15, -0.1) is 11.6 Å². The van der Waals surface area contributed by atoms with Crippen molar-refractivity contribution in [3.05, 3.63) is 35.9 Å². The Kier molecular flexibility index (Phi) is 3.84. The highest BCUT2D eigenvalue weighted by atomic mass is 35.5. The third kappa shape index (κ3) is 2.49. The zero-order valence-electron chi connectivity index (χ0n) is 12.1. The van der Waals surface area contributed by atoms with E-state index in [0.29, 0.717) is 11.9 Å². The molecule has 0 radical (unpaired) electrons.